The van der Waals surface area contributed by atoms with E-state index in [-0.39, 0.29) is 10.8 Å². The van der Waals surface area contributed by atoms with Gasteiger partial charge in [0.25, 0.3) is 0 Å². The molecule has 54 heavy (non-hydrogen) atoms. The Morgan fingerprint density at radius 2 is 0.926 bits per heavy atom. The Bertz CT molecular complexity index is 2020. The summed E-state index contributed by atoms with van der Waals surface area (Å²) in [5.41, 5.74) is 12.6. The fourth-order valence-electron chi connectivity index (χ4n) is 7.35. The minimum atomic E-state index is 0.129. The number of nitrogens with zero attached hydrogens (tertiary/aromatic N) is 1. The molecule has 284 valence electrons. The third kappa shape index (κ3) is 10.9. The molecule has 5 aromatic carbocycles. The Morgan fingerprint density at radius 1 is 0.426 bits per heavy atom. The van der Waals surface area contributed by atoms with Crippen molar-refractivity contribution in [3.05, 3.63) is 160 Å². The quantitative estimate of drug-likeness (QED) is 0.152. The van der Waals surface area contributed by atoms with Gasteiger partial charge in [0, 0.05) is 16.5 Å². The molecule has 1 heteroatoms. The van der Waals surface area contributed by atoms with Gasteiger partial charge < -0.3 is 0 Å². The van der Waals surface area contributed by atoms with E-state index < -0.39 is 0 Å². The molecular weight excluding hydrogens is 651 g/mol. The molecule has 0 N–H and O–H groups in total. The van der Waals surface area contributed by atoms with Crippen LogP contribution in [0.5, 0.6) is 0 Å². The zero-order valence-corrected chi connectivity index (χ0v) is 35.6. The lowest BCUT2D eigenvalue weighted by Gasteiger charge is -2.26. The lowest BCUT2D eigenvalue weighted by Crippen LogP contribution is -2.20. The molecule has 0 radical (unpaired) electrons. The van der Waals surface area contributed by atoms with Gasteiger partial charge in [-0.15, -0.1) is 0 Å². The maximum Gasteiger partial charge on any atom is 0.0705 e. The van der Waals surface area contributed by atoms with Crippen LogP contribution >= 0.6 is 0 Å². The molecule has 2 aliphatic carbocycles. The third-order valence-electron chi connectivity index (χ3n) is 11.2. The van der Waals surface area contributed by atoms with E-state index in [1.165, 1.54) is 59.4 Å². The van der Waals surface area contributed by atoms with Crippen molar-refractivity contribution in [2.45, 2.75) is 131 Å². The van der Waals surface area contributed by atoms with Gasteiger partial charge in [-0.2, -0.15) is 0 Å². The van der Waals surface area contributed by atoms with E-state index in [0.29, 0.717) is 10.8 Å². The summed E-state index contributed by atoms with van der Waals surface area (Å²) in [6, 6.07) is 43.6. The molecule has 2 aliphatic rings. The van der Waals surface area contributed by atoms with E-state index in [9.17, 15) is 0 Å². The van der Waals surface area contributed by atoms with Crippen molar-refractivity contribution in [1.29, 1.82) is 0 Å². The standard InChI is InChI=1S/C14H16.C13H15N.2C13H18/c1-14(2,3)13-9-8-11-6-4-5-7-12(11)10-13;1-13(2,3)12-9-8-10-6-4-5-7-11(10)14-12;1-13(2,3)12-8-7-10-5-4-6-11(10)9-12;1-13(2,3)12-8-10-6-4-5-7-11(10)9-12/h4-10H,1-3H3;4-9H,1-3H3;7-9H,4-6H2,1-3H3;4-7,12H,8-9H2,1-3H3. The normalized spacial score (nSPS) is 14.2. The summed E-state index contributed by atoms with van der Waals surface area (Å²) >= 11 is 0. The first-order chi connectivity index (χ1) is 25.3. The second-order valence-electron chi connectivity index (χ2n) is 19.8. The van der Waals surface area contributed by atoms with E-state index >= 15 is 0 Å². The fraction of sp³-hybridized carbons (Fsp3) is 0.415. The van der Waals surface area contributed by atoms with E-state index in [1.54, 1.807) is 22.3 Å². The van der Waals surface area contributed by atoms with Crippen LogP contribution in [0.4, 0.5) is 0 Å². The van der Waals surface area contributed by atoms with Crippen molar-refractivity contribution in [3.63, 3.8) is 0 Å². The number of aryl methyl sites for hydroxylation is 2. The Labute approximate surface area is 328 Å². The maximum absolute atomic E-state index is 4.65. The Hall–Kier alpha value is -4.23. The lowest BCUT2D eigenvalue weighted by atomic mass is 9.79. The highest BCUT2D eigenvalue weighted by atomic mass is 14.7. The third-order valence-corrected chi connectivity index (χ3v) is 11.2. The monoisotopic (exact) mass is 718 g/mol. The average molecular weight is 718 g/mol. The van der Waals surface area contributed by atoms with Crippen molar-refractivity contribution in [2.24, 2.45) is 11.3 Å². The highest BCUT2D eigenvalue weighted by Crippen LogP contribution is 2.38. The zero-order valence-electron chi connectivity index (χ0n) is 35.6. The van der Waals surface area contributed by atoms with Gasteiger partial charge in [0.15, 0.2) is 0 Å². The van der Waals surface area contributed by atoms with Gasteiger partial charge in [-0.05, 0) is 111 Å². The summed E-state index contributed by atoms with van der Waals surface area (Å²) in [5.74, 6) is 0.838. The van der Waals surface area contributed by atoms with Gasteiger partial charge >= 0.3 is 0 Å². The average Bonchev–Trinajstić information content (AvgIpc) is 3.79. The molecule has 1 aromatic heterocycles. The van der Waals surface area contributed by atoms with E-state index in [1.807, 2.05) is 12.1 Å². The van der Waals surface area contributed by atoms with Crippen molar-refractivity contribution in [2.75, 3.05) is 0 Å². The van der Waals surface area contributed by atoms with E-state index in [2.05, 4.69) is 197 Å². The van der Waals surface area contributed by atoms with Crippen LogP contribution in [0.25, 0.3) is 21.7 Å². The Morgan fingerprint density at radius 3 is 1.52 bits per heavy atom. The van der Waals surface area contributed by atoms with Gasteiger partial charge in [-0.3, -0.25) is 4.98 Å². The fourth-order valence-corrected chi connectivity index (χ4v) is 7.35. The molecule has 0 unspecified atom stereocenters. The first-order valence-electron chi connectivity index (χ1n) is 20.3. The molecule has 0 fully saturated rings. The summed E-state index contributed by atoms with van der Waals surface area (Å²) in [6.45, 7) is 27.2. The molecule has 6 aromatic rings. The molecule has 0 saturated carbocycles. The molecular formula is C53H67N. The minimum absolute atomic E-state index is 0.129. The summed E-state index contributed by atoms with van der Waals surface area (Å²) in [7, 11) is 0. The lowest BCUT2D eigenvalue weighted by molar-refractivity contribution is 0.251. The Kier molecular flexibility index (Phi) is 12.6. The van der Waals surface area contributed by atoms with Crippen molar-refractivity contribution in [3.8, 4) is 0 Å². The smallest absolute Gasteiger partial charge is 0.0705 e. The molecule has 0 aliphatic heterocycles. The van der Waals surface area contributed by atoms with Crippen LogP contribution in [0, 0.1) is 11.3 Å². The molecule has 8 rings (SSSR count). The minimum Gasteiger partial charge on any atom is -0.252 e. The topological polar surface area (TPSA) is 12.9 Å². The van der Waals surface area contributed by atoms with Crippen LogP contribution in [-0.4, -0.2) is 4.98 Å². The van der Waals surface area contributed by atoms with Gasteiger partial charge in [0.05, 0.1) is 5.52 Å². The molecule has 0 atom stereocenters. The number of hydrogen-bond donors (Lipinski definition) is 0. The van der Waals surface area contributed by atoms with Crippen LogP contribution in [0.2, 0.25) is 0 Å². The number of hydrogen-bond acceptors (Lipinski definition) is 1. The molecule has 0 spiro atoms. The maximum atomic E-state index is 4.65. The zero-order chi connectivity index (χ0) is 39.3. The second kappa shape index (κ2) is 16.6. The molecule has 0 bridgehead atoms. The molecule has 0 saturated heterocycles. The number of fused-ring (bicyclic) bond motifs is 4. The van der Waals surface area contributed by atoms with Crippen LogP contribution in [0.15, 0.2) is 121 Å². The first kappa shape index (κ1) is 40.9. The highest BCUT2D eigenvalue weighted by molar-refractivity contribution is 5.83. The van der Waals surface area contributed by atoms with Gasteiger partial charge in [-0.25, -0.2) is 0 Å². The number of benzene rings is 5. The van der Waals surface area contributed by atoms with Crippen LogP contribution < -0.4 is 0 Å². The highest BCUT2D eigenvalue weighted by Gasteiger charge is 2.30. The largest absolute Gasteiger partial charge is 0.252 e. The Balaban J connectivity index is 0.000000139. The SMILES string of the molecule is CC(C)(C)C1Cc2ccccc2C1.CC(C)(C)c1ccc2c(c1)CCC2.CC(C)(C)c1ccc2ccccc2c1.CC(C)(C)c1ccc2ccccc2n1. The van der Waals surface area contributed by atoms with Crippen molar-refractivity contribution in [1.82, 2.24) is 4.98 Å². The van der Waals surface area contributed by atoms with Gasteiger partial charge in [-0.1, -0.05) is 192 Å². The predicted molar refractivity (Wildman–Crippen MR) is 237 cm³/mol. The number of aromatic nitrogens is 1. The van der Waals surface area contributed by atoms with Crippen LogP contribution in [-0.2, 0) is 41.9 Å². The van der Waals surface area contributed by atoms with E-state index in [4.69, 9.17) is 0 Å². The van der Waals surface area contributed by atoms with Crippen molar-refractivity contribution < 1.29 is 0 Å². The summed E-state index contributed by atoms with van der Waals surface area (Å²) in [6.07, 6.45) is 6.49. The second-order valence-corrected chi connectivity index (χ2v) is 19.8. The van der Waals surface area contributed by atoms with E-state index in [0.717, 1.165) is 17.1 Å². The number of rotatable bonds is 0. The number of pyridine rings is 1. The first-order valence-corrected chi connectivity index (χ1v) is 20.3. The predicted octanol–water partition coefficient (Wildman–Crippen LogP) is 14.6. The van der Waals surface area contributed by atoms with Crippen molar-refractivity contribution >= 4 is 21.7 Å². The molecule has 1 heterocycles. The van der Waals surface area contributed by atoms with Crippen LogP contribution in [0.1, 0.15) is 129 Å². The summed E-state index contributed by atoms with van der Waals surface area (Å²) in [4.78, 5) is 4.65. The molecule has 1 nitrogen and oxygen atoms in total. The molecule has 0 amide bonds. The van der Waals surface area contributed by atoms with Gasteiger partial charge in [0.1, 0.15) is 0 Å². The van der Waals surface area contributed by atoms with Gasteiger partial charge in [0.2, 0.25) is 0 Å². The summed E-state index contributed by atoms with van der Waals surface area (Å²) < 4.78 is 0. The summed E-state index contributed by atoms with van der Waals surface area (Å²) in [5, 5.41) is 3.86. The number of para-hydroxylation sites is 1. The van der Waals surface area contributed by atoms with Crippen LogP contribution in [0.3, 0.4) is 0 Å².